The standard InChI is InChI=1S/C15H19ClF3NO/c1-14(2,3)12-6-4-11(5-7-12)13(21)20(9-8-16)10-15(17,18)19/h4-7H,8-10H2,1-3H3. The molecule has 0 unspecified atom stereocenters. The first-order chi connectivity index (χ1) is 9.54. The van der Waals surface area contributed by atoms with E-state index in [-0.39, 0.29) is 23.4 Å². The molecular weight excluding hydrogens is 303 g/mol. The molecule has 0 spiro atoms. The Hall–Kier alpha value is -1.23. The van der Waals surface area contributed by atoms with Gasteiger partial charge < -0.3 is 4.90 Å². The molecule has 0 saturated carbocycles. The number of carbonyl (C=O) groups excluding carboxylic acids is 1. The highest BCUT2D eigenvalue weighted by atomic mass is 35.5. The molecule has 1 aromatic rings. The van der Waals surface area contributed by atoms with Crippen LogP contribution in [-0.4, -0.2) is 36.0 Å². The van der Waals surface area contributed by atoms with E-state index in [9.17, 15) is 18.0 Å². The molecule has 21 heavy (non-hydrogen) atoms. The van der Waals surface area contributed by atoms with Crippen molar-refractivity contribution in [3.63, 3.8) is 0 Å². The number of halogens is 4. The normalized spacial score (nSPS) is 12.3. The van der Waals surface area contributed by atoms with Crippen LogP contribution in [0.15, 0.2) is 24.3 Å². The summed E-state index contributed by atoms with van der Waals surface area (Å²) in [4.78, 5) is 12.9. The van der Waals surface area contributed by atoms with Gasteiger partial charge in [0, 0.05) is 18.0 Å². The third-order valence-electron chi connectivity index (χ3n) is 3.01. The Morgan fingerprint density at radius 1 is 1.14 bits per heavy atom. The maximum atomic E-state index is 12.5. The zero-order valence-corrected chi connectivity index (χ0v) is 13.1. The first kappa shape index (κ1) is 17.8. The monoisotopic (exact) mass is 321 g/mol. The number of amides is 1. The SMILES string of the molecule is CC(C)(C)c1ccc(C(=O)N(CCCl)CC(F)(F)F)cc1. The van der Waals surface area contributed by atoms with Gasteiger partial charge in [-0.15, -0.1) is 11.6 Å². The fraction of sp³-hybridized carbons (Fsp3) is 0.533. The van der Waals surface area contributed by atoms with Crippen LogP contribution in [-0.2, 0) is 5.41 Å². The van der Waals surface area contributed by atoms with Gasteiger partial charge in [-0.2, -0.15) is 13.2 Å². The number of rotatable bonds is 4. The second-order valence-electron chi connectivity index (χ2n) is 5.86. The first-order valence-electron chi connectivity index (χ1n) is 6.57. The van der Waals surface area contributed by atoms with Crippen LogP contribution in [0.2, 0.25) is 0 Å². The molecule has 1 amide bonds. The maximum absolute atomic E-state index is 12.5. The van der Waals surface area contributed by atoms with Crippen molar-refractivity contribution in [3.05, 3.63) is 35.4 Å². The Morgan fingerprint density at radius 2 is 1.67 bits per heavy atom. The lowest BCUT2D eigenvalue weighted by molar-refractivity contribution is -0.140. The Labute approximate surface area is 127 Å². The van der Waals surface area contributed by atoms with E-state index in [0.29, 0.717) is 0 Å². The van der Waals surface area contributed by atoms with Crippen molar-refractivity contribution in [2.24, 2.45) is 0 Å². The van der Waals surface area contributed by atoms with Crippen molar-refractivity contribution in [1.29, 1.82) is 0 Å². The minimum Gasteiger partial charge on any atom is -0.328 e. The molecule has 0 aliphatic carbocycles. The van der Waals surface area contributed by atoms with Crippen molar-refractivity contribution in [2.45, 2.75) is 32.4 Å². The van der Waals surface area contributed by atoms with Crippen LogP contribution in [0.25, 0.3) is 0 Å². The molecule has 0 heterocycles. The fourth-order valence-corrected chi connectivity index (χ4v) is 2.07. The predicted molar refractivity (Wildman–Crippen MR) is 77.8 cm³/mol. The molecule has 0 aliphatic heterocycles. The molecule has 6 heteroatoms. The highest BCUT2D eigenvalue weighted by Crippen LogP contribution is 2.23. The topological polar surface area (TPSA) is 20.3 Å². The van der Waals surface area contributed by atoms with E-state index in [1.165, 1.54) is 0 Å². The molecule has 0 fully saturated rings. The molecule has 0 aromatic heterocycles. The van der Waals surface area contributed by atoms with Crippen molar-refractivity contribution < 1.29 is 18.0 Å². The summed E-state index contributed by atoms with van der Waals surface area (Å²) in [5.41, 5.74) is 1.17. The van der Waals surface area contributed by atoms with Crippen molar-refractivity contribution in [1.82, 2.24) is 4.90 Å². The van der Waals surface area contributed by atoms with Gasteiger partial charge in [-0.3, -0.25) is 4.79 Å². The largest absolute Gasteiger partial charge is 0.406 e. The smallest absolute Gasteiger partial charge is 0.328 e. The van der Waals surface area contributed by atoms with Crippen LogP contribution < -0.4 is 0 Å². The van der Waals surface area contributed by atoms with Gasteiger partial charge in [-0.25, -0.2) is 0 Å². The molecule has 0 aliphatic rings. The van der Waals surface area contributed by atoms with Gasteiger partial charge in [-0.1, -0.05) is 32.9 Å². The van der Waals surface area contributed by atoms with Crippen LogP contribution in [0.3, 0.4) is 0 Å². The van der Waals surface area contributed by atoms with E-state index < -0.39 is 18.6 Å². The van der Waals surface area contributed by atoms with Crippen molar-refractivity contribution >= 4 is 17.5 Å². The lowest BCUT2D eigenvalue weighted by atomic mass is 9.86. The molecular formula is C15H19ClF3NO. The van der Waals surface area contributed by atoms with Gasteiger partial charge in [0.2, 0.25) is 0 Å². The maximum Gasteiger partial charge on any atom is 0.406 e. The number of hydrogen-bond acceptors (Lipinski definition) is 1. The summed E-state index contributed by atoms with van der Waals surface area (Å²) in [5.74, 6) is -0.699. The van der Waals surface area contributed by atoms with E-state index in [0.717, 1.165) is 10.5 Å². The highest BCUT2D eigenvalue weighted by molar-refractivity contribution is 6.18. The summed E-state index contributed by atoms with van der Waals surface area (Å²) >= 11 is 5.48. The molecule has 0 N–H and O–H groups in total. The summed E-state index contributed by atoms with van der Waals surface area (Å²) in [7, 11) is 0. The predicted octanol–water partition coefficient (Wildman–Crippen LogP) is 4.23. The zero-order valence-electron chi connectivity index (χ0n) is 12.3. The van der Waals surface area contributed by atoms with E-state index in [1.54, 1.807) is 24.3 Å². The number of nitrogens with zero attached hydrogens (tertiary/aromatic N) is 1. The van der Waals surface area contributed by atoms with Gasteiger partial charge in [0.15, 0.2) is 0 Å². The van der Waals surface area contributed by atoms with Crippen molar-refractivity contribution in [3.8, 4) is 0 Å². The third-order valence-corrected chi connectivity index (χ3v) is 3.18. The average Bonchev–Trinajstić information content (AvgIpc) is 2.35. The van der Waals surface area contributed by atoms with Gasteiger partial charge in [-0.05, 0) is 23.1 Å². The van der Waals surface area contributed by atoms with E-state index >= 15 is 0 Å². The lowest BCUT2D eigenvalue weighted by Gasteiger charge is -2.24. The van der Waals surface area contributed by atoms with Crippen LogP contribution in [0.5, 0.6) is 0 Å². The Kier molecular flexibility index (Phi) is 5.68. The Balaban J connectivity index is 2.94. The van der Waals surface area contributed by atoms with Crippen LogP contribution >= 0.6 is 11.6 Å². The van der Waals surface area contributed by atoms with Crippen LogP contribution in [0.4, 0.5) is 13.2 Å². The van der Waals surface area contributed by atoms with Crippen molar-refractivity contribution in [2.75, 3.05) is 19.0 Å². The minimum absolute atomic E-state index is 0.0398. The van der Waals surface area contributed by atoms with E-state index in [1.807, 2.05) is 20.8 Å². The van der Waals surface area contributed by atoms with Gasteiger partial charge in [0.25, 0.3) is 5.91 Å². The quantitative estimate of drug-likeness (QED) is 0.760. The van der Waals surface area contributed by atoms with E-state index in [4.69, 9.17) is 11.6 Å². The molecule has 0 atom stereocenters. The summed E-state index contributed by atoms with van der Waals surface area (Å²) in [6.45, 7) is 4.63. The number of benzene rings is 1. The second kappa shape index (κ2) is 6.69. The third kappa shape index (κ3) is 5.58. The number of hydrogen-bond donors (Lipinski definition) is 0. The van der Waals surface area contributed by atoms with Crippen LogP contribution in [0, 0.1) is 0 Å². The molecule has 118 valence electrons. The fourth-order valence-electron chi connectivity index (χ4n) is 1.87. The minimum atomic E-state index is -4.44. The lowest BCUT2D eigenvalue weighted by Crippen LogP contribution is -2.40. The first-order valence-corrected chi connectivity index (χ1v) is 7.10. The molecule has 1 aromatic carbocycles. The van der Waals surface area contributed by atoms with E-state index in [2.05, 4.69) is 0 Å². The van der Waals surface area contributed by atoms with Gasteiger partial charge >= 0.3 is 6.18 Å². The summed E-state index contributed by atoms with van der Waals surface area (Å²) in [6, 6.07) is 6.64. The number of alkyl halides is 4. The summed E-state index contributed by atoms with van der Waals surface area (Å²) < 4.78 is 37.5. The molecule has 0 saturated heterocycles. The summed E-state index contributed by atoms with van der Waals surface area (Å²) in [5, 5.41) is 0. The molecule has 1 rings (SSSR count). The average molecular weight is 322 g/mol. The molecule has 2 nitrogen and oxygen atoms in total. The highest BCUT2D eigenvalue weighted by Gasteiger charge is 2.33. The van der Waals surface area contributed by atoms with Gasteiger partial charge in [0.05, 0.1) is 0 Å². The van der Waals surface area contributed by atoms with Crippen LogP contribution in [0.1, 0.15) is 36.7 Å². The Bertz CT molecular complexity index is 477. The molecule has 0 bridgehead atoms. The van der Waals surface area contributed by atoms with Gasteiger partial charge in [0.1, 0.15) is 6.54 Å². The summed E-state index contributed by atoms with van der Waals surface area (Å²) in [6.07, 6.45) is -4.44. The second-order valence-corrected chi connectivity index (χ2v) is 6.24. The molecule has 0 radical (unpaired) electrons. The Morgan fingerprint density at radius 3 is 2.05 bits per heavy atom. The zero-order chi connectivity index (χ0) is 16.3. The number of carbonyl (C=O) groups is 1.